The monoisotopic (exact) mass is 443 g/mol. The summed E-state index contributed by atoms with van der Waals surface area (Å²) in [6.45, 7) is 1.46. The Labute approximate surface area is 189 Å². The van der Waals surface area contributed by atoms with Gasteiger partial charge in [-0.05, 0) is 55.7 Å². The van der Waals surface area contributed by atoms with Crippen LogP contribution in [0.4, 0.5) is 4.39 Å². The molecule has 158 valence electrons. The van der Waals surface area contributed by atoms with Crippen LogP contribution in [0, 0.1) is 5.82 Å². The van der Waals surface area contributed by atoms with Crippen molar-refractivity contribution >= 4 is 33.9 Å². The molecule has 5 heterocycles. The SMILES string of the molecule is Fc1ccc(Cl)cc1C1=NCC=C1c1ccc2ncc(-c3ncc4n3CCCC4)cc2n1. The summed E-state index contributed by atoms with van der Waals surface area (Å²) in [6.07, 6.45) is 9.22. The Balaban J connectivity index is 1.41. The van der Waals surface area contributed by atoms with Crippen LogP contribution < -0.4 is 0 Å². The Kier molecular flexibility index (Phi) is 4.61. The van der Waals surface area contributed by atoms with Crippen molar-refractivity contribution in [2.24, 2.45) is 4.99 Å². The number of aliphatic imine (C=N–C) groups is 1. The summed E-state index contributed by atoms with van der Waals surface area (Å²) < 4.78 is 16.8. The van der Waals surface area contributed by atoms with Crippen LogP contribution in [-0.2, 0) is 13.0 Å². The minimum absolute atomic E-state index is 0.352. The number of benzene rings is 1. The van der Waals surface area contributed by atoms with Crippen molar-refractivity contribution in [3.63, 3.8) is 0 Å². The highest BCUT2D eigenvalue weighted by Gasteiger charge is 2.21. The Bertz CT molecular complexity index is 1440. The number of aromatic nitrogens is 4. The van der Waals surface area contributed by atoms with Gasteiger partial charge in [-0.15, -0.1) is 0 Å². The van der Waals surface area contributed by atoms with Crippen molar-refractivity contribution in [1.29, 1.82) is 0 Å². The second-order valence-corrected chi connectivity index (χ2v) is 8.51. The zero-order chi connectivity index (χ0) is 21.7. The molecule has 2 aliphatic heterocycles. The lowest BCUT2D eigenvalue weighted by Crippen LogP contribution is -2.10. The predicted octanol–water partition coefficient (Wildman–Crippen LogP) is 5.51. The van der Waals surface area contributed by atoms with Gasteiger partial charge >= 0.3 is 0 Å². The largest absolute Gasteiger partial charge is 0.328 e. The zero-order valence-electron chi connectivity index (χ0n) is 17.2. The van der Waals surface area contributed by atoms with Crippen LogP contribution in [0.2, 0.25) is 5.02 Å². The molecule has 0 bridgehead atoms. The highest BCUT2D eigenvalue weighted by Crippen LogP contribution is 2.29. The first kappa shape index (κ1) is 19.3. The summed E-state index contributed by atoms with van der Waals surface area (Å²) in [4.78, 5) is 18.6. The van der Waals surface area contributed by atoms with Crippen LogP contribution in [-0.4, -0.2) is 31.8 Å². The van der Waals surface area contributed by atoms with Gasteiger partial charge in [0.1, 0.15) is 11.6 Å². The van der Waals surface area contributed by atoms with Crippen LogP contribution in [0.1, 0.15) is 29.8 Å². The van der Waals surface area contributed by atoms with Gasteiger partial charge in [-0.25, -0.2) is 14.4 Å². The molecule has 0 aliphatic carbocycles. The Morgan fingerprint density at radius 1 is 0.969 bits per heavy atom. The van der Waals surface area contributed by atoms with E-state index in [1.807, 2.05) is 36.7 Å². The van der Waals surface area contributed by atoms with Gasteiger partial charge in [0, 0.05) is 46.4 Å². The summed E-state index contributed by atoms with van der Waals surface area (Å²) in [7, 11) is 0. The highest BCUT2D eigenvalue weighted by molar-refractivity contribution is 6.35. The molecule has 1 aromatic carbocycles. The second-order valence-electron chi connectivity index (χ2n) is 8.07. The van der Waals surface area contributed by atoms with Gasteiger partial charge in [0.2, 0.25) is 0 Å². The molecule has 7 heteroatoms. The predicted molar refractivity (Wildman–Crippen MR) is 124 cm³/mol. The van der Waals surface area contributed by atoms with Gasteiger partial charge in [0.05, 0.1) is 29.0 Å². The van der Waals surface area contributed by atoms with Crippen molar-refractivity contribution in [1.82, 2.24) is 19.5 Å². The van der Waals surface area contributed by atoms with Gasteiger partial charge in [0.15, 0.2) is 0 Å². The molecule has 0 atom stereocenters. The smallest absolute Gasteiger partial charge is 0.141 e. The summed E-state index contributed by atoms with van der Waals surface area (Å²) in [5.74, 6) is 0.583. The third kappa shape index (κ3) is 3.22. The number of fused-ring (bicyclic) bond motifs is 2. The van der Waals surface area contributed by atoms with E-state index < -0.39 is 0 Å². The molecule has 6 rings (SSSR count). The molecule has 2 aliphatic rings. The minimum Gasteiger partial charge on any atom is -0.328 e. The number of aryl methyl sites for hydroxylation is 1. The number of rotatable bonds is 3. The molecular formula is C25H19ClFN5. The molecule has 0 saturated carbocycles. The third-order valence-electron chi connectivity index (χ3n) is 6.06. The van der Waals surface area contributed by atoms with Gasteiger partial charge in [-0.3, -0.25) is 9.98 Å². The van der Waals surface area contributed by atoms with Crippen LogP contribution in [0.15, 0.2) is 59.9 Å². The number of allylic oxidation sites excluding steroid dienone is 1. The number of pyridine rings is 2. The highest BCUT2D eigenvalue weighted by atomic mass is 35.5. The number of hydrogen-bond acceptors (Lipinski definition) is 4. The van der Waals surface area contributed by atoms with Crippen molar-refractivity contribution in [3.05, 3.63) is 82.7 Å². The molecule has 0 amide bonds. The first-order chi connectivity index (χ1) is 15.7. The number of hydrogen-bond donors (Lipinski definition) is 0. The van der Waals surface area contributed by atoms with Crippen LogP contribution in [0.25, 0.3) is 28.0 Å². The van der Waals surface area contributed by atoms with Crippen LogP contribution >= 0.6 is 11.6 Å². The van der Waals surface area contributed by atoms with Crippen molar-refractivity contribution in [3.8, 4) is 11.4 Å². The first-order valence-electron chi connectivity index (χ1n) is 10.7. The Hall–Kier alpha value is -3.38. The van der Waals surface area contributed by atoms with E-state index in [1.165, 1.54) is 24.2 Å². The quantitative estimate of drug-likeness (QED) is 0.419. The fourth-order valence-electron chi connectivity index (χ4n) is 4.49. The standard InChI is InChI=1S/C25H19ClFN5/c26-16-4-5-20(27)19(12-16)24-18(8-9-28-24)21-6-7-22-23(31-21)11-15(13-29-22)25-30-14-17-3-1-2-10-32(17)25/h4-8,11-14H,1-3,9-10H2. The molecule has 0 saturated heterocycles. The van der Waals surface area contributed by atoms with E-state index in [1.54, 1.807) is 6.07 Å². The fourth-order valence-corrected chi connectivity index (χ4v) is 4.66. The second kappa shape index (κ2) is 7.64. The Morgan fingerprint density at radius 2 is 1.91 bits per heavy atom. The lowest BCUT2D eigenvalue weighted by Gasteiger charge is -2.16. The van der Waals surface area contributed by atoms with E-state index >= 15 is 0 Å². The van der Waals surface area contributed by atoms with E-state index in [9.17, 15) is 4.39 Å². The molecule has 5 nitrogen and oxygen atoms in total. The van der Waals surface area contributed by atoms with Crippen LogP contribution in [0.3, 0.4) is 0 Å². The first-order valence-corrected chi connectivity index (χ1v) is 11.1. The summed E-state index contributed by atoms with van der Waals surface area (Å²) in [5.41, 5.74) is 6.29. The number of halogens is 2. The molecule has 0 fully saturated rings. The Morgan fingerprint density at radius 3 is 2.84 bits per heavy atom. The summed E-state index contributed by atoms with van der Waals surface area (Å²) in [6, 6.07) is 10.4. The molecule has 0 spiro atoms. The van der Waals surface area contributed by atoms with Gasteiger partial charge in [-0.2, -0.15) is 0 Å². The third-order valence-corrected chi connectivity index (χ3v) is 6.29. The van der Waals surface area contributed by atoms with E-state index in [4.69, 9.17) is 16.6 Å². The van der Waals surface area contributed by atoms with Crippen molar-refractivity contribution in [2.75, 3.05) is 6.54 Å². The van der Waals surface area contributed by atoms with E-state index in [2.05, 4.69) is 19.5 Å². The van der Waals surface area contributed by atoms with E-state index in [0.29, 0.717) is 22.8 Å². The van der Waals surface area contributed by atoms with Crippen LogP contribution in [0.5, 0.6) is 0 Å². The molecule has 0 unspecified atom stereocenters. The van der Waals surface area contributed by atoms with Crippen molar-refractivity contribution in [2.45, 2.75) is 25.8 Å². The molecule has 32 heavy (non-hydrogen) atoms. The topological polar surface area (TPSA) is 56.0 Å². The maximum Gasteiger partial charge on any atom is 0.141 e. The minimum atomic E-state index is -0.352. The van der Waals surface area contributed by atoms with Gasteiger partial charge in [-0.1, -0.05) is 17.7 Å². The van der Waals surface area contributed by atoms with Gasteiger partial charge in [0.25, 0.3) is 0 Å². The molecule has 0 radical (unpaired) electrons. The molecule has 0 N–H and O–H groups in total. The average Bonchev–Trinajstić information content (AvgIpc) is 3.47. The normalized spacial score (nSPS) is 15.6. The van der Waals surface area contributed by atoms with Crippen molar-refractivity contribution < 1.29 is 4.39 Å². The average molecular weight is 444 g/mol. The fraction of sp³-hybridized carbons (Fsp3) is 0.200. The number of imidazole rings is 1. The zero-order valence-corrected chi connectivity index (χ0v) is 18.0. The lowest BCUT2D eigenvalue weighted by molar-refractivity contribution is 0.536. The summed E-state index contributed by atoms with van der Waals surface area (Å²) in [5, 5.41) is 0.471. The maximum absolute atomic E-state index is 14.5. The molecule has 4 aromatic rings. The van der Waals surface area contributed by atoms with E-state index in [0.717, 1.165) is 53.1 Å². The van der Waals surface area contributed by atoms with Gasteiger partial charge < -0.3 is 4.57 Å². The molecule has 3 aromatic heterocycles. The maximum atomic E-state index is 14.5. The van der Waals surface area contributed by atoms with E-state index in [-0.39, 0.29) is 5.82 Å². The summed E-state index contributed by atoms with van der Waals surface area (Å²) >= 11 is 6.11. The molecular weight excluding hydrogens is 425 g/mol. The lowest BCUT2D eigenvalue weighted by atomic mass is 9.99. The number of nitrogens with zero attached hydrogens (tertiary/aromatic N) is 5.